The van der Waals surface area contributed by atoms with Crippen LogP contribution in [0.1, 0.15) is 34.1 Å². The second-order valence-electron chi connectivity index (χ2n) is 5.53. The van der Waals surface area contributed by atoms with Gasteiger partial charge in [-0.25, -0.2) is 0 Å². The molecule has 2 nitrogen and oxygen atoms in total. The van der Waals surface area contributed by atoms with Crippen LogP contribution in [0.2, 0.25) is 0 Å². The van der Waals surface area contributed by atoms with E-state index in [1.807, 2.05) is 6.92 Å². The fourth-order valence-corrected chi connectivity index (χ4v) is 2.46. The summed E-state index contributed by atoms with van der Waals surface area (Å²) in [4.78, 5) is 13.9. The molecule has 0 aromatic carbocycles. The number of rotatable bonds is 0. The van der Waals surface area contributed by atoms with E-state index in [2.05, 4.69) is 25.7 Å². The van der Waals surface area contributed by atoms with Gasteiger partial charge >= 0.3 is 0 Å². The van der Waals surface area contributed by atoms with Crippen LogP contribution in [0.4, 0.5) is 0 Å². The minimum Gasteiger partial charge on any atom is -0.295 e. The maximum absolute atomic E-state index is 11.5. The van der Waals surface area contributed by atoms with Crippen LogP contribution in [0.3, 0.4) is 0 Å². The predicted molar refractivity (Wildman–Crippen MR) is 57.1 cm³/mol. The number of nitrogens with zero attached hydrogens (tertiary/aromatic N) is 1. The Morgan fingerprint density at radius 1 is 1.36 bits per heavy atom. The van der Waals surface area contributed by atoms with Crippen molar-refractivity contribution in [3.8, 4) is 0 Å². The molecule has 0 radical (unpaired) electrons. The van der Waals surface area contributed by atoms with E-state index in [4.69, 9.17) is 0 Å². The number of fused-ring (bicyclic) bond motifs is 1. The molecule has 1 heterocycles. The van der Waals surface area contributed by atoms with Gasteiger partial charge < -0.3 is 0 Å². The van der Waals surface area contributed by atoms with Crippen LogP contribution < -0.4 is 0 Å². The van der Waals surface area contributed by atoms with E-state index in [1.165, 1.54) is 5.57 Å². The van der Waals surface area contributed by atoms with Gasteiger partial charge in [0.1, 0.15) is 0 Å². The third-order valence-corrected chi connectivity index (χ3v) is 3.58. The van der Waals surface area contributed by atoms with Crippen molar-refractivity contribution in [3.63, 3.8) is 0 Å². The molecule has 2 aliphatic rings. The summed E-state index contributed by atoms with van der Waals surface area (Å²) in [5.74, 6) is 0.903. The van der Waals surface area contributed by atoms with E-state index in [0.29, 0.717) is 11.7 Å². The van der Waals surface area contributed by atoms with Crippen LogP contribution in [-0.2, 0) is 4.79 Å². The van der Waals surface area contributed by atoms with Gasteiger partial charge in [0, 0.05) is 31.0 Å². The van der Waals surface area contributed by atoms with E-state index in [9.17, 15) is 4.79 Å². The number of ketones is 1. The van der Waals surface area contributed by atoms with Crippen molar-refractivity contribution in [1.29, 1.82) is 0 Å². The van der Waals surface area contributed by atoms with E-state index in [-0.39, 0.29) is 5.54 Å². The van der Waals surface area contributed by atoms with Crippen molar-refractivity contribution in [3.05, 3.63) is 11.1 Å². The van der Waals surface area contributed by atoms with Gasteiger partial charge in [-0.2, -0.15) is 0 Å². The first-order valence-corrected chi connectivity index (χ1v) is 5.37. The number of likely N-dealkylation sites (tertiary alicyclic amines) is 1. The monoisotopic (exact) mass is 193 g/mol. The van der Waals surface area contributed by atoms with E-state index in [0.717, 1.165) is 25.1 Å². The molecule has 1 unspecified atom stereocenters. The first-order chi connectivity index (χ1) is 6.39. The maximum atomic E-state index is 11.5. The first kappa shape index (κ1) is 9.91. The van der Waals surface area contributed by atoms with Crippen molar-refractivity contribution in [1.82, 2.24) is 4.90 Å². The molecule has 1 aliphatic heterocycles. The lowest BCUT2D eigenvalue weighted by molar-refractivity contribution is -0.115. The highest BCUT2D eigenvalue weighted by atomic mass is 16.1. The third-order valence-electron chi connectivity index (χ3n) is 3.58. The molecule has 0 aromatic rings. The zero-order valence-electron chi connectivity index (χ0n) is 9.55. The summed E-state index contributed by atoms with van der Waals surface area (Å²) in [6.45, 7) is 10.8. The summed E-state index contributed by atoms with van der Waals surface area (Å²) >= 11 is 0. The Labute approximate surface area is 86.0 Å². The van der Waals surface area contributed by atoms with Crippen LogP contribution >= 0.6 is 0 Å². The van der Waals surface area contributed by atoms with Gasteiger partial charge in [-0.05, 0) is 38.8 Å². The Kier molecular flexibility index (Phi) is 2.07. The number of carbonyl (C=O) groups is 1. The molecule has 1 saturated heterocycles. The standard InChI is InChI=1S/C12H19NO/c1-8-10-7-13(12(2,3)4)6-9(10)5-11(8)14/h9H,5-7H2,1-4H3. The summed E-state index contributed by atoms with van der Waals surface area (Å²) in [6.07, 6.45) is 0.758. The van der Waals surface area contributed by atoms with Crippen molar-refractivity contribution >= 4 is 5.78 Å². The number of allylic oxidation sites excluding steroid dienone is 1. The molecule has 1 fully saturated rings. The zero-order valence-corrected chi connectivity index (χ0v) is 9.55. The summed E-state index contributed by atoms with van der Waals surface area (Å²) < 4.78 is 0. The van der Waals surface area contributed by atoms with Gasteiger partial charge in [0.2, 0.25) is 0 Å². The summed E-state index contributed by atoms with van der Waals surface area (Å²) in [7, 11) is 0. The Hall–Kier alpha value is -0.630. The Morgan fingerprint density at radius 2 is 2.00 bits per heavy atom. The van der Waals surface area contributed by atoms with Gasteiger partial charge in [0.15, 0.2) is 5.78 Å². The van der Waals surface area contributed by atoms with Crippen molar-refractivity contribution < 1.29 is 4.79 Å². The van der Waals surface area contributed by atoms with Crippen LogP contribution in [0.15, 0.2) is 11.1 Å². The van der Waals surface area contributed by atoms with Crippen molar-refractivity contribution in [2.45, 2.75) is 39.7 Å². The summed E-state index contributed by atoms with van der Waals surface area (Å²) in [5, 5.41) is 0. The van der Waals surface area contributed by atoms with Crippen LogP contribution in [-0.4, -0.2) is 29.3 Å². The fourth-order valence-electron chi connectivity index (χ4n) is 2.46. The molecule has 14 heavy (non-hydrogen) atoms. The zero-order chi connectivity index (χ0) is 10.5. The number of hydrogen-bond acceptors (Lipinski definition) is 2. The lowest BCUT2D eigenvalue weighted by atomic mass is 10.1. The highest BCUT2D eigenvalue weighted by Crippen LogP contribution is 2.37. The second-order valence-corrected chi connectivity index (χ2v) is 5.53. The minimum atomic E-state index is 0.237. The van der Waals surface area contributed by atoms with Crippen molar-refractivity contribution in [2.75, 3.05) is 13.1 Å². The largest absolute Gasteiger partial charge is 0.295 e. The van der Waals surface area contributed by atoms with E-state index < -0.39 is 0 Å². The van der Waals surface area contributed by atoms with Gasteiger partial charge in [0.25, 0.3) is 0 Å². The highest BCUT2D eigenvalue weighted by Gasteiger charge is 2.39. The van der Waals surface area contributed by atoms with Gasteiger partial charge in [-0.1, -0.05) is 0 Å². The molecule has 0 spiro atoms. The summed E-state index contributed by atoms with van der Waals surface area (Å²) in [6, 6.07) is 0. The Morgan fingerprint density at radius 3 is 2.50 bits per heavy atom. The van der Waals surface area contributed by atoms with E-state index >= 15 is 0 Å². The highest BCUT2D eigenvalue weighted by molar-refractivity contribution is 5.98. The molecule has 2 heteroatoms. The molecular weight excluding hydrogens is 174 g/mol. The smallest absolute Gasteiger partial charge is 0.159 e. The molecule has 0 amide bonds. The Bertz CT molecular complexity index is 309. The number of hydrogen-bond donors (Lipinski definition) is 0. The quantitative estimate of drug-likeness (QED) is 0.586. The van der Waals surface area contributed by atoms with Crippen LogP contribution in [0, 0.1) is 5.92 Å². The lowest BCUT2D eigenvalue weighted by Crippen LogP contribution is -2.39. The number of Topliss-reactive ketones (excluding diaryl/α,β-unsaturated/α-hetero) is 1. The Balaban J connectivity index is 2.21. The molecule has 2 rings (SSSR count). The number of carbonyl (C=O) groups excluding carboxylic acids is 1. The van der Waals surface area contributed by atoms with Crippen LogP contribution in [0.5, 0.6) is 0 Å². The summed E-state index contributed by atoms with van der Waals surface area (Å²) in [5.41, 5.74) is 2.69. The molecule has 1 atom stereocenters. The topological polar surface area (TPSA) is 20.3 Å². The molecule has 0 N–H and O–H groups in total. The van der Waals surface area contributed by atoms with Gasteiger partial charge in [-0.3, -0.25) is 9.69 Å². The first-order valence-electron chi connectivity index (χ1n) is 5.37. The average molecular weight is 193 g/mol. The lowest BCUT2D eigenvalue weighted by Gasteiger charge is -2.31. The van der Waals surface area contributed by atoms with E-state index in [1.54, 1.807) is 0 Å². The van der Waals surface area contributed by atoms with Gasteiger partial charge in [0.05, 0.1) is 0 Å². The molecule has 0 aromatic heterocycles. The molecule has 1 aliphatic carbocycles. The molecule has 78 valence electrons. The average Bonchev–Trinajstić information content (AvgIpc) is 2.54. The maximum Gasteiger partial charge on any atom is 0.159 e. The van der Waals surface area contributed by atoms with Crippen LogP contribution in [0.25, 0.3) is 0 Å². The normalized spacial score (nSPS) is 28.9. The fraction of sp³-hybridized carbons (Fsp3) is 0.750. The minimum absolute atomic E-state index is 0.237. The molecule has 0 saturated carbocycles. The predicted octanol–water partition coefficient (Wildman–Crippen LogP) is 2.01. The second kappa shape index (κ2) is 2.93. The SMILES string of the molecule is CC1=C2CN(C(C)(C)C)CC2CC1=O. The van der Waals surface area contributed by atoms with Gasteiger partial charge in [-0.15, -0.1) is 0 Å². The molecule has 0 bridgehead atoms. The van der Waals surface area contributed by atoms with Crippen molar-refractivity contribution in [2.24, 2.45) is 5.92 Å². The third kappa shape index (κ3) is 1.42. The molecular formula is C12H19NO.